The van der Waals surface area contributed by atoms with E-state index in [0.29, 0.717) is 6.04 Å². The van der Waals surface area contributed by atoms with Crippen molar-refractivity contribution in [2.75, 3.05) is 6.54 Å². The third kappa shape index (κ3) is 4.33. The van der Waals surface area contributed by atoms with E-state index in [4.69, 9.17) is 0 Å². The van der Waals surface area contributed by atoms with Gasteiger partial charge in [-0.1, -0.05) is 6.92 Å². The molecule has 0 aromatic carbocycles. The summed E-state index contributed by atoms with van der Waals surface area (Å²) < 4.78 is 0. The van der Waals surface area contributed by atoms with E-state index in [-0.39, 0.29) is 0 Å². The van der Waals surface area contributed by atoms with Gasteiger partial charge in [-0.3, -0.25) is 0 Å². The first kappa shape index (κ1) is 11.1. The van der Waals surface area contributed by atoms with Crippen molar-refractivity contribution in [1.29, 1.82) is 0 Å². The molecule has 0 amide bonds. The molecule has 1 atom stereocenters. The molecule has 1 heterocycles. The van der Waals surface area contributed by atoms with Crippen molar-refractivity contribution in [1.82, 2.24) is 15.3 Å². The molecule has 0 bridgehead atoms. The summed E-state index contributed by atoms with van der Waals surface area (Å²) in [5, 5.41) is 3.46. The van der Waals surface area contributed by atoms with Gasteiger partial charge >= 0.3 is 0 Å². The predicted molar refractivity (Wildman–Crippen MR) is 58.1 cm³/mol. The Hall–Kier alpha value is -0.960. The van der Waals surface area contributed by atoms with Crippen LogP contribution in [-0.2, 0) is 6.42 Å². The second-order valence-corrected chi connectivity index (χ2v) is 3.64. The molecule has 1 aromatic heterocycles. The highest BCUT2D eigenvalue weighted by Gasteiger charge is 2.00. The largest absolute Gasteiger partial charge is 0.314 e. The van der Waals surface area contributed by atoms with E-state index in [1.807, 2.05) is 12.4 Å². The van der Waals surface area contributed by atoms with Gasteiger partial charge in [-0.15, -0.1) is 0 Å². The molecule has 0 spiro atoms. The Kier molecular flexibility index (Phi) is 5.15. The van der Waals surface area contributed by atoms with Gasteiger partial charge in [0.05, 0.1) is 0 Å². The van der Waals surface area contributed by atoms with Gasteiger partial charge < -0.3 is 5.32 Å². The minimum atomic E-state index is 0.579. The molecule has 0 saturated carbocycles. The lowest BCUT2D eigenvalue weighted by atomic mass is 10.1. The van der Waals surface area contributed by atoms with Gasteiger partial charge in [0.25, 0.3) is 0 Å². The average Bonchev–Trinajstić information content (AvgIpc) is 2.25. The average molecular weight is 193 g/mol. The van der Waals surface area contributed by atoms with E-state index in [2.05, 4.69) is 29.1 Å². The van der Waals surface area contributed by atoms with Crippen LogP contribution in [0.3, 0.4) is 0 Å². The highest BCUT2D eigenvalue weighted by Crippen LogP contribution is 2.01. The van der Waals surface area contributed by atoms with E-state index < -0.39 is 0 Å². The summed E-state index contributed by atoms with van der Waals surface area (Å²) in [5.41, 5.74) is 1.22. The van der Waals surface area contributed by atoms with E-state index in [0.717, 1.165) is 19.4 Å². The van der Waals surface area contributed by atoms with Crippen LogP contribution in [0.15, 0.2) is 18.7 Å². The summed E-state index contributed by atoms with van der Waals surface area (Å²) in [6, 6.07) is 0.579. The van der Waals surface area contributed by atoms with Crippen LogP contribution in [-0.4, -0.2) is 22.6 Å². The minimum absolute atomic E-state index is 0.579. The standard InChI is InChI=1S/C11H19N3/c1-3-6-14-10(2)4-5-11-7-12-9-13-8-11/h7-10,14H,3-6H2,1-2H3. The van der Waals surface area contributed by atoms with Crippen LogP contribution < -0.4 is 5.32 Å². The lowest BCUT2D eigenvalue weighted by molar-refractivity contribution is 0.513. The smallest absolute Gasteiger partial charge is 0.115 e. The molecule has 0 aliphatic rings. The van der Waals surface area contributed by atoms with Crippen LogP contribution in [0, 0.1) is 0 Å². The summed E-state index contributed by atoms with van der Waals surface area (Å²) in [7, 11) is 0. The highest BCUT2D eigenvalue weighted by atomic mass is 14.9. The number of hydrogen-bond donors (Lipinski definition) is 1. The Morgan fingerprint density at radius 1 is 1.36 bits per heavy atom. The van der Waals surface area contributed by atoms with Crippen molar-refractivity contribution in [3.8, 4) is 0 Å². The van der Waals surface area contributed by atoms with Gasteiger partial charge in [0.15, 0.2) is 0 Å². The second-order valence-electron chi connectivity index (χ2n) is 3.64. The van der Waals surface area contributed by atoms with Crippen LogP contribution in [0.25, 0.3) is 0 Å². The summed E-state index contributed by atoms with van der Waals surface area (Å²) in [4.78, 5) is 7.99. The molecule has 3 nitrogen and oxygen atoms in total. The van der Waals surface area contributed by atoms with Gasteiger partial charge in [0, 0.05) is 18.4 Å². The van der Waals surface area contributed by atoms with Crippen molar-refractivity contribution in [2.45, 2.75) is 39.2 Å². The highest BCUT2D eigenvalue weighted by molar-refractivity contribution is 5.02. The number of rotatable bonds is 6. The maximum absolute atomic E-state index is 3.99. The molecule has 14 heavy (non-hydrogen) atoms. The second kappa shape index (κ2) is 6.49. The lowest BCUT2D eigenvalue weighted by Gasteiger charge is -2.12. The number of aromatic nitrogens is 2. The van der Waals surface area contributed by atoms with Crippen LogP contribution in [0.1, 0.15) is 32.3 Å². The molecule has 1 rings (SSSR count). The summed E-state index contributed by atoms with van der Waals surface area (Å²) >= 11 is 0. The fraction of sp³-hybridized carbons (Fsp3) is 0.636. The summed E-state index contributed by atoms with van der Waals surface area (Å²) in [5.74, 6) is 0. The number of nitrogens with one attached hydrogen (secondary N) is 1. The fourth-order valence-corrected chi connectivity index (χ4v) is 1.34. The van der Waals surface area contributed by atoms with Gasteiger partial charge in [-0.05, 0) is 38.3 Å². The molecular weight excluding hydrogens is 174 g/mol. The molecule has 1 unspecified atom stereocenters. The molecule has 0 aliphatic carbocycles. The van der Waals surface area contributed by atoms with Crippen molar-refractivity contribution in [2.24, 2.45) is 0 Å². The van der Waals surface area contributed by atoms with Gasteiger partial charge in [-0.25, -0.2) is 9.97 Å². The molecule has 0 fully saturated rings. The van der Waals surface area contributed by atoms with Crippen LogP contribution in [0.4, 0.5) is 0 Å². The van der Waals surface area contributed by atoms with Crippen LogP contribution in [0.5, 0.6) is 0 Å². The molecule has 78 valence electrons. The Morgan fingerprint density at radius 2 is 2.07 bits per heavy atom. The molecule has 1 aromatic rings. The van der Waals surface area contributed by atoms with Crippen LogP contribution in [0.2, 0.25) is 0 Å². The van der Waals surface area contributed by atoms with Gasteiger partial charge in [0.2, 0.25) is 0 Å². The predicted octanol–water partition coefficient (Wildman–Crippen LogP) is 1.80. The quantitative estimate of drug-likeness (QED) is 0.748. The molecule has 3 heteroatoms. The first-order valence-electron chi connectivity index (χ1n) is 5.30. The van der Waals surface area contributed by atoms with Crippen LogP contribution >= 0.6 is 0 Å². The zero-order valence-electron chi connectivity index (χ0n) is 9.03. The Bertz CT molecular complexity index is 236. The third-order valence-corrected chi connectivity index (χ3v) is 2.22. The Labute approximate surface area is 86.0 Å². The van der Waals surface area contributed by atoms with E-state index in [1.165, 1.54) is 12.0 Å². The van der Waals surface area contributed by atoms with E-state index in [9.17, 15) is 0 Å². The first-order chi connectivity index (χ1) is 6.83. The number of aryl methyl sites for hydroxylation is 1. The third-order valence-electron chi connectivity index (χ3n) is 2.22. The number of hydrogen-bond acceptors (Lipinski definition) is 3. The zero-order valence-corrected chi connectivity index (χ0v) is 9.03. The van der Waals surface area contributed by atoms with Crippen molar-refractivity contribution in [3.05, 3.63) is 24.3 Å². The van der Waals surface area contributed by atoms with Crippen molar-refractivity contribution in [3.63, 3.8) is 0 Å². The van der Waals surface area contributed by atoms with E-state index >= 15 is 0 Å². The topological polar surface area (TPSA) is 37.8 Å². The minimum Gasteiger partial charge on any atom is -0.314 e. The monoisotopic (exact) mass is 193 g/mol. The molecule has 1 N–H and O–H groups in total. The van der Waals surface area contributed by atoms with Crippen molar-refractivity contribution < 1.29 is 0 Å². The number of nitrogens with zero attached hydrogens (tertiary/aromatic N) is 2. The molecule has 0 aliphatic heterocycles. The fourth-order valence-electron chi connectivity index (χ4n) is 1.34. The SMILES string of the molecule is CCCNC(C)CCc1cncnc1. The maximum Gasteiger partial charge on any atom is 0.115 e. The zero-order chi connectivity index (χ0) is 10.2. The van der Waals surface area contributed by atoms with Crippen molar-refractivity contribution >= 4 is 0 Å². The summed E-state index contributed by atoms with van der Waals surface area (Å²) in [6.07, 6.45) is 8.74. The first-order valence-corrected chi connectivity index (χ1v) is 5.30. The Balaban J connectivity index is 2.20. The van der Waals surface area contributed by atoms with Gasteiger partial charge in [0.1, 0.15) is 6.33 Å². The Morgan fingerprint density at radius 3 is 2.71 bits per heavy atom. The molecule has 0 saturated heterocycles. The van der Waals surface area contributed by atoms with Gasteiger partial charge in [-0.2, -0.15) is 0 Å². The molecular formula is C11H19N3. The maximum atomic E-state index is 3.99. The lowest BCUT2D eigenvalue weighted by Crippen LogP contribution is -2.27. The normalized spacial score (nSPS) is 12.7. The summed E-state index contributed by atoms with van der Waals surface area (Å²) in [6.45, 7) is 5.51. The molecule has 0 radical (unpaired) electrons. The van der Waals surface area contributed by atoms with E-state index in [1.54, 1.807) is 6.33 Å².